The Balaban J connectivity index is 1.87. The van der Waals surface area contributed by atoms with Crippen LogP contribution in [0.1, 0.15) is 37.9 Å². The zero-order valence-corrected chi connectivity index (χ0v) is 13.1. The van der Waals surface area contributed by atoms with Crippen molar-refractivity contribution in [3.8, 4) is 5.75 Å². The van der Waals surface area contributed by atoms with E-state index < -0.39 is 6.10 Å². The van der Waals surface area contributed by atoms with E-state index in [4.69, 9.17) is 9.47 Å². The second-order valence-electron chi connectivity index (χ2n) is 5.69. The van der Waals surface area contributed by atoms with E-state index in [1.807, 2.05) is 24.3 Å². The lowest BCUT2D eigenvalue weighted by Crippen LogP contribution is -2.41. The summed E-state index contributed by atoms with van der Waals surface area (Å²) in [5, 5.41) is 10.4. The summed E-state index contributed by atoms with van der Waals surface area (Å²) in [4.78, 5) is 2.30. The lowest BCUT2D eigenvalue weighted by molar-refractivity contribution is -0.0119. The van der Waals surface area contributed by atoms with Crippen molar-refractivity contribution in [2.45, 2.75) is 38.4 Å². The van der Waals surface area contributed by atoms with Gasteiger partial charge in [-0.05, 0) is 43.5 Å². The molecule has 4 heteroatoms. The quantitative estimate of drug-likeness (QED) is 0.839. The summed E-state index contributed by atoms with van der Waals surface area (Å²) in [6.45, 7) is 5.57. The maximum Gasteiger partial charge on any atom is 0.119 e. The molecular formula is C17H27NO3. The second kappa shape index (κ2) is 8.37. The standard InChI is InChI=1S/C17H27NO3/c1-3-10-21-16-8-5-9-18(12-16)13-17(19)14-6-4-7-15(11-14)20-2/h4,6-7,11,16-17,19H,3,5,8-10,12-13H2,1-2H3. The molecule has 21 heavy (non-hydrogen) atoms. The molecule has 0 amide bonds. The van der Waals surface area contributed by atoms with Crippen molar-refractivity contribution in [2.75, 3.05) is 33.4 Å². The van der Waals surface area contributed by atoms with E-state index in [9.17, 15) is 5.11 Å². The van der Waals surface area contributed by atoms with Crippen molar-refractivity contribution >= 4 is 0 Å². The number of aliphatic hydroxyl groups excluding tert-OH is 1. The number of piperidine rings is 1. The zero-order valence-electron chi connectivity index (χ0n) is 13.1. The van der Waals surface area contributed by atoms with Gasteiger partial charge in [-0.15, -0.1) is 0 Å². The number of ether oxygens (including phenoxy) is 2. The SMILES string of the molecule is CCCOC1CCCN(CC(O)c2cccc(OC)c2)C1. The molecule has 1 aromatic rings. The molecule has 1 aliphatic rings. The van der Waals surface area contributed by atoms with Gasteiger partial charge in [0, 0.05) is 19.7 Å². The third kappa shape index (κ3) is 4.99. The average Bonchev–Trinajstić information content (AvgIpc) is 2.53. The lowest BCUT2D eigenvalue weighted by atomic mass is 10.0. The third-order valence-corrected chi connectivity index (χ3v) is 3.93. The molecule has 1 fully saturated rings. The van der Waals surface area contributed by atoms with Crippen LogP contribution in [0.4, 0.5) is 0 Å². The predicted molar refractivity (Wildman–Crippen MR) is 83.7 cm³/mol. The van der Waals surface area contributed by atoms with Gasteiger partial charge in [0.1, 0.15) is 5.75 Å². The molecule has 118 valence electrons. The normalized spacial score (nSPS) is 21.2. The van der Waals surface area contributed by atoms with E-state index in [2.05, 4.69) is 11.8 Å². The molecule has 2 unspecified atom stereocenters. The van der Waals surface area contributed by atoms with Crippen molar-refractivity contribution in [1.82, 2.24) is 4.90 Å². The Morgan fingerprint density at radius 3 is 3.05 bits per heavy atom. The van der Waals surface area contributed by atoms with Crippen LogP contribution in [0.15, 0.2) is 24.3 Å². The summed E-state index contributed by atoms with van der Waals surface area (Å²) in [7, 11) is 1.64. The van der Waals surface area contributed by atoms with Crippen LogP contribution < -0.4 is 4.74 Å². The largest absolute Gasteiger partial charge is 0.497 e. The van der Waals surface area contributed by atoms with Crippen LogP contribution in [0.3, 0.4) is 0 Å². The van der Waals surface area contributed by atoms with E-state index in [0.717, 1.165) is 50.3 Å². The summed E-state index contributed by atoms with van der Waals surface area (Å²) in [5.41, 5.74) is 0.908. The number of hydrogen-bond donors (Lipinski definition) is 1. The monoisotopic (exact) mass is 293 g/mol. The molecule has 1 N–H and O–H groups in total. The van der Waals surface area contributed by atoms with E-state index in [1.165, 1.54) is 0 Å². The first-order valence-electron chi connectivity index (χ1n) is 7.89. The summed E-state index contributed by atoms with van der Waals surface area (Å²) >= 11 is 0. The molecular weight excluding hydrogens is 266 g/mol. The first-order chi connectivity index (χ1) is 10.2. The number of methoxy groups -OCH3 is 1. The Morgan fingerprint density at radius 2 is 2.29 bits per heavy atom. The average molecular weight is 293 g/mol. The number of β-amino-alcohol motifs (C(OH)–C–C–N with tert-alkyl or cyclic N) is 1. The molecule has 0 aliphatic carbocycles. The smallest absolute Gasteiger partial charge is 0.119 e. The van der Waals surface area contributed by atoms with Gasteiger partial charge in [0.05, 0.1) is 19.3 Å². The molecule has 1 heterocycles. The Morgan fingerprint density at radius 1 is 1.43 bits per heavy atom. The topological polar surface area (TPSA) is 41.9 Å². The molecule has 0 spiro atoms. The number of benzene rings is 1. The van der Waals surface area contributed by atoms with Crippen molar-refractivity contribution < 1.29 is 14.6 Å². The molecule has 2 rings (SSSR count). The van der Waals surface area contributed by atoms with E-state index in [-0.39, 0.29) is 0 Å². The number of likely N-dealkylation sites (tertiary alicyclic amines) is 1. The van der Waals surface area contributed by atoms with Crippen LogP contribution in [-0.4, -0.2) is 49.5 Å². The summed E-state index contributed by atoms with van der Waals surface area (Å²) < 4.78 is 11.1. The number of rotatable bonds is 7. The van der Waals surface area contributed by atoms with Gasteiger partial charge in [-0.25, -0.2) is 0 Å². The Labute approximate surface area is 127 Å². The maximum atomic E-state index is 10.4. The second-order valence-corrected chi connectivity index (χ2v) is 5.69. The summed E-state index contributed by atoms with van der Waals surface area (Å²) in [5.74, 6) is 0.786. The van der Waals surface area contributed by atoms with Crippen LogP contribution in [0.2, 0.25) is 0 Å². The van der Waals surface area contributed by atoms with Crippen LogP contribution in [-0.2, 0) is 4.74 Å². The zero-order chi connectivity index (χ0) is 15.1. The minimum absolute atomic E-state index is 0.316. The van der Waals surface area contributed by atoms with Crippen LogP contribution in [0.25, 0.3) is 0 Å². The summed E-state index contributed by atoms with van der Waals surface area (Å²) in [6.07, 6.45) is 3.16. The molecule has 2 atom stereocenters. The van der Waals surface area contributed by atoms with Crippen LogP contribution in [0.5, 0.6) is 5.75 Å². The molecule has 0 saturated carbocycles. The molecule has 1 saturated heterocycles. The highest BCUT2D eigenvalue weighted by molar-refractivity contribution is 5.29. The van der Waals surface area contributed by atoms with E-state index in [0.29, 0.717) is 12.6 Å². The van der Waals surface area contributed by atoms with E-state index >= 15 is 0 Å². The van der Waals surface area contributed by atoms with Gasteiger partial charge in [0.2, 0.25) is 0 Å². The third-order valence-electron chi connectivity index (χ3n) is 3.93. The Bertz CT molecular complexity index is 424. The van der Waals surface area contributed by atoms with Gasteiger partial charge in [-0.1, -0.05) is 19.1 Å². The van der Waals surface area contributed by atoms with Gasteiger partial charge in [-0.3, -0.25) is 4.90 Å². The molecule has 0 radical (unpaired) electrons. The number of hydrogen-bond acceptors (Lipinski definition) is 4. The number of aliphatic hydroxyl groups is 1. The predicted octanol–water partition coefficient (Wildman–Crippen LogP) is 2.62. The molecule has 4 nitrogen and oxygen atoms in total. The number of nitrogens with zero attached hydrogens (tertiary/aromatic N) is 1. The van der Waals surface area contributed by atoms with Crippen LogP contribution in [0, 0.1) is 0 Å². The first-order valence-corrected chi connectivity index (χ1v) is 7.89. The molecule has 1 aliphatic heterocycles. The molecule has 1 aromatic carbocycles. The fourth-order valence-corrected chi connectivity index (χ4v) is 2.80. The highest BCUT2D eigenvalue weighted by Crippen LogP contribution is 2.22. The minimum Gasteiger partial charge on any atom is -0.497 e. The van der Waals surface area contributed by atoms with Gasteiger partial charge in [0.25, 0.3) is 0 Å². The van der Waals surface area contributed by atoms with Gasteiger partial charge in [-0.2, -0.15) is 0 Å². The summed E-state index contributed by atoms with van der Waals surface area (Å²) in [6, 6.07) is 7.66. The van der Waals surface area contributed by atoms with Gasteiger partial charge >= 0.3 is 0 Å². The molecule has 0 aromatic heterocycles. The van der Waals surface area contributed by atoms with Crippen molar-refractivity contribution in [3.63, 3.8) is 0 Å². The van der Waals surface area contributed by atoms with Gasteiger partial charge < -0.3 is 14.6 Å². The van der Waals surface area contributed by atoms with Crippen molar-refractivity contribution in [3.05, 3.63) is 29.8 Å². The van der Waals surface area contributed by atoms with Crippen molar-refractivity contribution in [2.24, 2.45) is 0 Å². The molecule has 0 bridgehead atoms. The van der Waals surface area contributed by atoms with E-state index in [1.54, 1.807) is 7.11 Å². The van der Waals surface area contributed by atoms with Gasteiger partial charge in [0.15, 0.2) is 0 Å². The van der Waals surface area contributed by atoms with Crippen LogP contribution >= 0.6 is 0 Å². The fourth-order valence-electron chi connectivity index (χ4n) is 2.80. The minimum atomic E-state index is -0.481. The fraction of sp³-hybridized carbons (Fsp3) is 0.647. The Hall–Kier alpha value is -1.10. The Kier molecular flexibility index (Phi) is 6.49. The first kappa shape index (κ1) is 16.3. The highest BCUT2D eigenvalue weighted by Gasteiger charge is 2.22. The van der Waals surface area contributed by atoms with Crippen molar-refractivity contribution in [1.29, 1.82) is 0 Å². The maximum absolute atomic E-state index is 10.4. The highest BCUT2D eigenvalue weighted by atomic mass is 16.5. The lowest BCUT2D eigenvalue weighted by Gasteiger charge is -2.33.